The van der Waals surface area contributed by atoms with Gasteiger partial charge in [0.2, 0.25) is 0 Å². The number of carbonyl (C=O) groups is 3. The molecule has 1 saturated heterocycles. The SMILES string of the molecule is CO/N=C(\C(=O)NC1C(=O)N2C(C(=O)O)=C(C[n+]3cc(N)c4ccccc4c3)CS[C@H]12)c1csc(N)n1. The molecule has 0 radical (unpaired) electrons. The largest absolute Gasteiger partial charge is 0.477 e. The summed E-state index contributed by atoms with van der Waals surface area (Å²) in [6.07, 6.45) is 3.63. The lowest BCUT2D eigenvalue weighted by Gasteiger charge is -2.49. The van der Waals surface area contributed by atoms with Gasteiger partial charge in [0.05, 0.1) is 0 Å². The molecule has 0 saturated carbocycles. The van der Waals surface area contributed by atoms with Crippen molar-refractivity contribution in [1.29, 1.82) is 0 Å². The van der Waals surface area contributed by atoms with Crippen molar-refractivity contribution in [2.24, 2.45) is 5.16 Å². The van der Waals surface area contributed by atoms with Gasteiger partial charge in [0.1, 0.15) is 35.6 Å². The number of amides is 2. The van der Waals surface area contributed by atoms with Crippen molar-refractivity contribution >= 4 is 68.2 Å². The molecule has 0 aliphatic carbocycles. The summed E-state index contributed by atoms with van der Waals surface area (Å²) in [5.41, 5.74) is 13.0. The molecule has 0 spiro atoms. The Kier molecular flexibility index (Phi) is 6.43. The number of thioether (sulfide) groups is 1. The quantitative estimate of drug-likeness (QED) is 0.144. The van der Waals surface area contributed by atoms with E-state index in [4.69, 9.17) is 16.3 Å². The molecular weight excluding hydrogens is 518 g/mol. The topological polar surface area (TPSA) is 177 Å². The number of nitrogen functional groups attached to an aromatic ring is 2. The highest BCUT2D eigenvalue weighted by atomic mass is 32.2. The first kappa shape index (κ1) is 24.5. The monoisotopic (exact) mass is 540 g/mol. The highest BCUT2D eigenvalue weighted by Gasteiger charge is 2.54. The van der Waals surface area contributed by atoms with Crippen molar-refractivity contribution in [2.45, 2.75) is 18.0 Å². The fourth-order valence-electron chi connectivity index (χ4n) is 4.35. The molecular formula is C23H22N7O5S2+. The van der Waals surface area contributed by atoms with E-state index in [-0.39, 0.29) is 28.8 Å². The van der Waals surface area contributed by atoms with Crippen LogP contribution >= 0.6 is 23.1 Å². The number of aliphatic carboxylic acids is 1. The van der Waals surface area contributed by atoms with Crippen LogP contribution in [0.2, 0.25) is 0 Å². The predicted octanol–water partition coefficient (Wildman–Crippen LogP) is 0.538. The number of hydrogen-bond acceptors (Lipinski definition) is 10. The zero-order chi connectivity index (χ0) is 26.3. The lowest BCUT2D eigenvalue weighted by molar-refractivity contribution is -0.687. The molecule has 12 nitrogen and oxygen atoms in total. The number of fused-ring (bicyclic) bond motifs is 2. The molecule has 2 aliphatic rings. The van der Waals surface area contributed by atoms with Crippen molar-refractivity contribution in [2.75, 3.05) is 24.3 Å². The molecule has 0 bridgehead atoms. The summed E-state index contributed by atoms with van der Waals surface area (Å²) < 4.78 is 1.81. The summed E-state index contributed by atoms with van der Waals surface area (Å²) in [6.45, 7) is 0.243. The maximum absolute atomic E-state index is 13.1. The second-order valence-corrected chi connectivity index (χ2v) is 10.3. The van der Waals surface area contributed by atoms with Gasteiger partial charge >= 0.3 is 5.97 Å². The number of benzene rings is 1. The highest BCUT2D eigenvalue weighted by Crippen LogP contribution is 2.40. The first-order valence-corrected chi connectivity index (χ1v) is 12.9. The van der Waals surface area contributed by atoms with Gasteiger partial charge in [-0.3, -0.25) is 14.5 Å². The third-order valence-electron chi connectivity index (χ3n) is 5.95. The van der Waals surface area contributed by atoms with Crippen LogP contribution in [0, 0.1) is 0 Å². The number of aromatic nitrogens is 2. The van der Waals surface area contributed by atoms with Crippen LogP contribution < -0.4 is 21.4 Å². The van der Waals surface area contributed by atoms with Gasteiger partial charge in [-0.05, 0) is 6.07 Å². The van der Waals surface area contributed by atoms with Crippen LogP contribution in [0.15, 0.2) is 58.5 Å². The normalized spacial score (nSPS) is 19.4. The van der Waals surface area contributed by atoms with Crippen LogP contribution in [0.5, 0.6) is 0 Å². The second kappa shape index (κ2) is 9.71. The summed E-state index contributed by atoms with van der Waals surface area (Å²) in [7, 11) is 1.28. The van der Waals surface area contributed by atoms with Gasteiger partial charge < -0.3 is 26.7 Å². The molecule has 14 heteroatoms. The Balaban J connectivity index is 1.38. The molecule has 2 amide bonds. The van der Waals surface area contributed by atoms with Crippen molar-refractivity contribution < 1.29 is 28.9 Å². The molecule has 1 aromatic carbocycles. The molecule has 4 heterocycles. The standard InChI is InChI=1S/C23H21N7O5S2/c1-35-28-16(15-10-37-23(25)26-15)19(31)27-17-20(32)30-18(22(33)34)12(9-36-21(17)30)7-29-6-11-4-2-3-5-13(11)14(24)8-29/h2-6,8,10,17,21H,7,9,24H2,1H3,(H3-,25,26,27,31,33,34)/p+1/b28-16-/t17?,21-/m1/s1. The molecule has 5 rings (SSSR count). The van der Waals surface area contributed by atoms with Gasteiger partial charge in [-0.15, -0.1) is 23.1 Å². The van der Waals surface area contributed by atoms with E-state index in [9.17, 15) is 19.5 Å². The third kappa shape index (κ3) is 4.44. The lowest BCUT2D eigenvalue weighted by atomic mass is 10.0. The number of nitrogens with one attached hydrogen (secondary N) is 1. The molecule has 2 atom stereocenters. The first-order chi connectivity index (χ1) is 17.8. The summed E-state index contributed by atoms with van der Waals surface area (Å²) in [6, 6.07) is 6.70. The van der Waals surface area contributed by atoms with E-state index in [1.54, 1.807) is 11.6 Å². The van der Waals surface area contributed by atoms with E-state index in [1.807, 2.05) is 35.0 Å². The van der Waals surface area contributed by atoms with E-state index in [1.165, 1.54) is 23.8 Å². The molecule has 190 valence electrons. The number of pyridine rings is 1. The average molecular weight is 541 g/mol. The Bertz CT molecular complexity index is 1500. The van der Waals surface area contributed by atoms with Crippen LogP contribution in [-0.2, 0) is 25.8 Å². The Morgan fingerprint density at radius 2 is 2.11 bits per heavy atom. The van der Waals surface area contributed by atoms with Gasteiger partial charge in [-0.2, -0.15) is 4.57 Å². The maximum atomic E-state index is 13.1. The van der Waals surface area contributed by atoms with Gasteiger partial charge in [-0.25, -0.2) is 9.78 Å². The van der Waals surface area contributed by atoms with Gasteiger partial charge in [0.15, 0.2) is 29.8 Å². The number of anilines is 2. The number of nitrogens with zero attached hydrogens (tertiary/aromatic N) is 4. The Hall–Kier alpha value is -4.17. The average Bonchev–Trinajstić information content (AvgIpc) is 3.31. The van der Waals surface area contributed by atoms with Crippen LogP contribution in [0.25, 0.3) is 10.8 Å². The van der Waals surface area contributed by atoms with E-state index >= 15 is 0 Å². The number of β-lactam (4-membered cyclic amide) rings is 1. The molecule has 1 unspecified atom stereocenters. The van der Waals surface area contributed by atoms with Crippen molar-refractivity contribution in [1.82, 2.24) is 15.2 Å². The van der Waals surface area contributed by atoms with Gasteiger partial charge in [0, 0.05) is 27.5 Å². The predicted molar refractivity (Wildman–Crippen MR) is 138 cm³/mol. The molecule has 2 aromatic heterocycles. The van der Waals surface area contributed by atoms with Crippen LogP contribution in [0.4, 0.5) is 10.8 Å². The number of carboxylic acids is 1. The van der Waals surface area contributed by atoms with Crippen LogP contribution in [0.3, 0.4) is 0 Å². The smallest absolute Gasteiger partial charge is 0.352 e. The van der Waals surface area contributed by atoms with Gasteiger partial charge in [-0.1, -0.05) is 23.4 Å². The molecule has 37 heavy (non-hydrogen) atoms. The molecule has 1 fully saturated rings. The van der Waals surface area contributed by atoms with E-state index in [2.05, 4.69) is 15.5 Å². The first-order valence-electron chi connectivity index (χ1n) is 11.0. The van der Waals surface area contributed by atoms with E-state index in [0.717, 1.165) is 22.1 Å². The van der Waals surface area contributed by atoms with Crippen LogP contribution in [0.1, 0.15) is 5.69 Å². The number of thiazole rings is 1. The summed E-state index contributed by atoms with van der Waals surface area (Å²) in [5, 5.41) is 19.4. The van der Waals surface area contributed by atoms with Gasteiger partial charge in [0.25, 0.3) is 11.8 Å². The number of nitrogens with two attached hydrogens (primary N) is 2. The Morgan fingerprint density at radius 1 is 1.32 bits per heavy atom. The zero-order valence-electron chi connectivity index (χ0n) is 19.5. The van der Waals surface area contributed by atoms with Crippen molar-refractivity contribution in [3.8, 4) is 0 Å². The Morgan fingerprint density at radius 3 is 2.81 bits per heavy atom. The van der Waals surface area contributed by atoms with E-state index in [0.29, 0.717) is 17.0 Å². The number of carbonyl (C=O) groups excluding carboxylic acids is 2. The van der Waals surface area contributed by atoms with Crippen LogP contribution in [-0.4, -0.2) is 62.8 Å². The summed E-state index contributed by atoms with van der Waals surface area (Å²) in [5.74, 6) is -2.07. The molecule has 2 aliphatic heterocycles. The van der Waals surface area contributed by atoms with Crippen molar-refractivity contribution in [3.63, 3.8) is 0 Å². The number of oxime groups is 1. The maximum Gasteiger partial charge on any atom is 0.352 e. The minimum absolute atomic E-state index is 0.0865. The fraction of sp³-hybridized carbons (Fsp3) is 0.217. The van der Waals surface area contributed by atoms with E-state index < -0.39 is 29.2 Å². The fourth-order valence-corrected chi connectivity index (χ4v) is 6.24. The second-order valence-electron chi connectivity index (χ2n) is 8.28. The third-order valence-corrected chi connectivity index (χ3v) is 7.97. The van der Waals surface area contributed by atoms with Crippen molar-refractivity contribution in [3.05, 3.63) is 59.0 Å². The summed E-state index contributed by atoms with van der Waals surface area (Å²) in [4.78, 5) is 48.2. The number of hydrogen-bond donors (Lipinski definition) is 4. The minimum Gasteiger partial charge on any atom is -0.477 e. The number of rotatable bonds is 7. The lowest BCUT2D eigenvalue weighted by Crippen LogP contribution is -2.71. The Labute approximate surface area is 218 Å². The molecule has 6 N–H and O–H groups in total. The molecule has 3 aromatic rings. The zero-order valence-corrected chi connectivity index (χ0v) is 21.1. The minimum atomic E-state index is -1.22. The number of carboxylic acid groups (broad SMARTS) is 1. The summed E-state index contributed by atoms with van der Waals surface area (Å²) >= 11 is 2.50. The highest BCUT2D eigenvalue weighted by molar-refractivity contribution is 8.00.